The van der Waals surface area contributed by atoms with Gasteiger partial charge in [0.25, 0.3) is 5.91 Å². The van der Waals surface area contributed by atoms with E-state index in [2.05, 4.69) is 15.6 Å². The third-order valence-electron chi connectivity index (χ3n) is 2.76. The number of amides is 1. The van der Waals surface area contributed by atoms with E-state index in [0.29, 0.717) is 11.5 Å². The first kappa shape index (κ1) is 7.61. The van der Waals surface area contributed by atoms with Crippen LogP contribution in [0, 0.1) is 0 Å². The van der Waals surface area contributed by atoms with Gasteiger partial charge in [-0.05, 0) is 18.9 Å². The number of fused-ring (bicyclic) bond motifs is 1. The SMILES string of the molecule is O=Cc1cc2c([nH]1)NC(=O)C1(CC1)N2. The van der Waals surface area contributed by atoms with Crippen molar-refractivity contribution in [2.75, 3.05) is 10.6 Å². The van der Waals surface area contributed by atoms with Crippen LogP contribution in [-0.2, 0) is 4.79 Å². The summed E-state index contributed by atoms with van der Waals surface area (Å²) in [7, 11) is 0. The highest BCUT2D eigenvalue weighted by molar-refractivity contribution is 6.07. The smallest absolute Gasteiger partial charge is 0.251 e. The Hall–Kier alpha value is -1.78. The molecular formula is C9H9N3O2. The average Bonchev–Trinajstić information content (AvgIpc) is 2.82. The third kappa shape index (κ3) is 0.837. The molecule has 5 heteroatoms. The molecule has 1 saturated carbocycles. The van der Waals surface area contributed by atoms with Crippen molar-refractivity contribution in [2.24, 2.45) is 0 Å². The first-order valence-corrected chi connectivity index (χ1v) is 4.51. The molecule has 1 spiro atoms. The lowest BCUT2D eigenvalue weighted by Gasteiger charge is -2.23. The zero-order valence-electron chi connectivity index (χ0n) is 7.39. The Kier molecular flexibility index (Phi) is 1.18. The van der Waals surface area contributed by atoms with Crippen molar-refractivity contribution in [1.82, 2.24) is 4.98 Å². The number of H-pyrrole nitrogens is 1. The van der Waals surface area contributed by atoms with Crippen molar-refractivity contribution in [3.63, 3.8) is 0 Å². The molecule has 5 nitrogen and oxygen atoms in total. The van der Waals surface area contributed by atoms with Crippen LogP contribution in [-0.4, -0.2) is 22.7 Å². The van der Waals surface area contributed by atoms with Crippen molar-refractivity contribution in [3.8, 4) is 0 Å². The number of carbonyl (C=O) groups excluding carboxylic acids is 2. The fraction of sp³-hybridized carbons (Fsp3) is 0.333. The van der Waals surface area contributed by atoms with Crippen LogP contribution in [0.3, 0.4) is 0 Å². The molecule has 1 aliphatic heterocycles. The van der Waals surface area contributed by atoms with Gasteiger partial charge in [0, 0.05) is 0 Å². The van der Waals surface area contributed by atoms with Gasteiger partial charge in [0.2, 0.25) is 0 Å². The number of hydrogen-bond donors (Lipinski definition) is 3. The summed E-state index contributed by atoms with van der Waals surface area (Å²) in [6.07, 6.45) is 2.45. The summed E-state index contributed by atoms with van der Waals surface area (Å²) in [5.41, 5.74) is 0.889. The Labute approximate surface area is 79.9 Å². The maximum atomic E-state index is 11.6. The minimum absolute atomic E-state index is 0.00991. The summed E-state index contributed by atoms with van der Waals surface area (Å²) < 4.78 is 0. The molecule has 1 aliphatic carbocycles. The molecule has 0 bridgehead atoms. The van der Waals surface area contributed by atoms with E-state index in [-0.39, 0.29) is 5.91 Å². The lowest BCUT2D eigenvalue weighted by molar-refractivity contribution is -0.117. The lowest BCUT2D eigenvalue weighted by Crippen LogP contribution is -2.40. The third-order valence-corrected chi connectivity index (χ3v) is 2.76. The van der Waals surface area contributed by atoms with Crippen LogP contribution in [0.1, 0.15) is 23.3 Å². The van der Waals surface area contributed by atoms with Gasteiger partial charge in [-0.25, -0.2) is 0 Å². The molecule has 3 rings (SSSR count). The molecule has 2 heterocycles. The number of anilines is 2. The standard InChI is InChI=1S/C9H9N3O2/c13-4-5-3-6-7(10-5)11-8(14)9(12-6)1-2-9/h3-4,10,12H,1-2H2,(H,11,14). The van der Waals surface area contributed by atoms with Gasteiger partial charge in [-0.3, -0.25) is 9.59 Å². The van der Waals surface area contributed by atoms with Crippen molar-refractivity contribution >= 4 is 23.7 Å². The normalized spacial score (nSPS) is 21.0. The molecular weight excluding hydrogens is 182 g/mol. The van der Waals surface area contributed by atoms with Crippen LogP contribution in [0.25, 0.3) is 0 Å². The van der Waals surface area contributed by atoms with E-state index in [0.717, 1.165) is 24.8 Å². The molecule has 0 atom stereocenters. The van der Waals surface area contributed by atoms with Crippen LogP contribution < -0.4 is 10.6 Å². The Balaban J connectivity index is 2.04. The first-order chi connectivity index (χ1) is 6.73. The number of carbonyl (C=O) groups is 2. The number of aromatic amines is 1. The summed E-state index contributed by atoms with van der Waals surface area (Å²) >= 11 is 0. The van der Waals surface area contributed by atoms with E-state index in [4.69, 9.17) is 0 Å². The predicted molar refractivity (Wildman–Crippen MR) is 50.4 cm³/mol. The molecule has 14 heavy (non-hydrogen) atoms. The number of rotatable bonds is 1. The van der Waals surface area contributed by atoms with E-state index < -0.39 is 5.54 Å². The van der Waals surface area contributed by atoms with Gasteiger partial charge in [0.15, 0.2) is 6.29 Å². The van der Waals surface area contributed by atoms with Crippen molar-refractivity contribution in [2.45, 2.75) is 18.4 Å². The second kappa shape index (κ2) is 2.17. The number of aromatic nitrogens is 1. The molecule has 1 aromatic rings. The zero-order chi connectivity index (χ0) is 9.76. The summed E-state index contributed by atoms with van der Waals surface area (Å²) in [5.74, 6) is 0.582. The second-order valence-electron chi connectivity index (χ2n) is 3.79. The van der Waals surface area contributed by atoms with Gasteiger partial charge in [0.05, 0.1) is 11.4 Å². The Bertz CT molecular complexity index is 431. The van der Waals surface area contributed by atoms with Gasteiger partial charge in [-0.1, -0.05) is 0 Å². The Morgan fingerprint density at radius 3 is 2.86 bits per heavy atom. The maximum Gasteiger partial charge on any atom is 0.251 e. The molecule has 72 valence electrons. The molecule has 1 aromatic heterocycles. The van der Waals surface area contributed by atoms with E-state index in [1.165, 1.54) is 0 Å². The average molecular weight is 191 g/mol. The number of aldehydes is 1. The monoisotopic (exact) mass is 191 g/mol. The van der Waals surface area contributed by atoms with Crippen LogP contribution in [0.2, 0.25) is 0 Å². The summed E-state index contributed by atoms with van der Waals surface area (Å²) in [4.78, 5) is 24.9. The molecule has 0 radical (unpaired) electrons. The molecule has 0 aromatic carbocycles. The molecule has 1 fully saturated rings. The van der Waals surface area contributed by atoms with Crippen molar-refractivity contribution in [3.05, 3.63) is 11.8 Å². The molecule has 0 unspecified atom stereocenters. The Morgan fingerprint density at radius 1 is 1.43 bits per heavy atom. The van der Waals surface area contributed by atoms with Crippen LogP contribution in [0.15, 0.2) is 6.07 Å². The highest BCUT2D eigenvalue weighted by Gasteiger charge is 2.52. The summed E-state index contributed by atoms with van der Waals surface area (Å²) in [6, 6.07) is 1.71. The van der Waals surface area contributed by atoms with E-state index in [1.54, 1.807) is 6.07 Å². The highest BCUT2D eigenvalue weighted by Crippen LogP contribution is 2.44. The largest absolute Gasteiger partial charge is 0.368 e. The fourth-order valence-electron chi connectivity index (χ4n) is 1.76. The first-order valence-electron chi connectivity index (χ1n) is 4.51. The van der Waals surface area contributed by atoms with Crippen molar-refractivity contribution < 1.29 is 9.59 Å². The minimum Gasteiger partial charge on any atom is -0.368 e. The highest BCUT2D eigenvalue weighted by atomic mass is 16.2. The van der Waals surface area contributed by atoms with Gasteiger partial charge in [0.1, 0.15) is 11.4 Å². The van der Waals surface area contributed by atoms with E-state index in [9.17, 15) is 9.59 Å². The maximum absolute atomic E-state index is 11.6. The van der Waals surface area contributed by atoms with E-state index >= 15 is 0 Å². The van der Waals surface area contributed by atoms with Crippen LogP contribution in [0.5, 0.6) is 0 Å². The fourth-order valence-corrected chi connectivity index (χ4v) is 1.76. The van der Waals surface area contributed by atoms with Gasteiger partial charge in [-0.15, -0.1) is 0 Å². The number of nitrogens with one attached hydrogen (secondary N) is 3. The molecule has 2 aliphatic rings. The zero-order valence-corrected chi connectivity index (χ0v) is 7.39. The summed E-state index contributed by atoms with van der Waals surface area (Å²) in [5, 5.41) is 5.90. The Morgan fingerprint density at radius 2 is 2.21 bits per heavy atom. The van der Waals surface area contributed by atoms with Crippen LogP contribution >= 0.6 is 0 Å². The van der Waals surface area contributed by atoms with Crippen LogP contribution in [0.4, 0.5) is 11.5 Å². The second-order valence-corrected chi connectivity index (χ2v) is 3.79. The molecule has 1 amide bonds. The minimum atomic E-state index is -0.394. The topological polar surface area (TPSA) is 74.0 Å². The summed E-state index contributed by atoms with van der Waals surface area (Å²) in [6.45, 7) is 0. The molecule has 0 saturated heterocycles. The quantitative estimate of drug-likeness (QED) is 0.573. The van der Waals surface area contributed by atoms with E-state index in [1.807, 2.05) is 0 Å². The van der Waals surface area contributed by atoms with Gasteiger partial charge >= 0.3 is 0 Å². The predicted octanol–water partition coefficient (Wildman–Crippen LogP) is 0.724. The lowest BCUT2D eigenvalue weighted by atomic mass is 10.2. The van der Waals surface area contributed by atoms with Gasteiger partial charge < -0.3 is 15.6 Å². The van der Waals surface area contributed by atoms with Crippen molar-refractivity contribution in [1.29, 1.82) is 0 Å². The molecule has 3 N–H and O–H groups in total. The number of hydrogen-bond acceptors (Lipinski definition) is 3. The van der Waals surface area contributed by atoms with Gasteiger partial charge in [-0.2, -0.15) is 0 Å².